The van der Waals surface area contributed by atoms with Crippen LogP contribution in [0.25, 0.3) is 0 Å². The molecule has 0 aromatic heterocycles. The molecule has 0 spiro atoms. The van der Waals surface area contributed by atoms with Crippen molar-refractivity contribution in [2.45, 2.75) is 58.8 Å². The van der Waals surface area contributed by atoms with Crippen LogP contribution in [-0.2, 0) is 9.59 Å². The molecular weight excluding hydrogens is 476 g/mol. The molecule has 2 heterocycles. The van der Waals surface area contributed by atoms with Gasteiger partial charge in [-0.3, -0.25) is 14.4 Å². The highest BCUT2D eigenvalue weighted by Gasteiger charge is 2.29. The predicted molar refractivity (Wildman–Crippen MR) is 153 cm³/mol. The summed E-state index contributed by atoms with van der Waals surface area (Å²) < 4.78 is 0. The lowest BCUT2D eigenvalue weighted by Crippen LogP contribution is -2.39. The van der Waals surface area contributed by atoms with E-state index in [0.29, 0.717) is 30.9 Å². The van der Waals surface area contributed by atoms with Crippen molar-refractivity contribution < 1.29 is 14.4 Å². The maximum atomic E-state index is 13.7. The van der Waals surface area contributed by atoms with Gasteiger partial charge in [-0.05, 0) is 55.9 Å². The van der Waals surface area contributed by atoms with Crippen molar-refractivity contribution in [1.82, 2.24) is 9.80 Å². The molecule has 2 fully saturated rings. The third kappa shape index (κ3) is 6.55. The first-order valence-corrected chi connectivity index (χ1v) is 14.2. The van der Waals surface area contributed by atoms with E-state index in [2.05, 4.69) is 17.1 Å². The topological polar surface area (TPSA) is 73.0 Å². The van der Waals surface area contributed by atoms with Crippen molar-refractivity contribution in [3.8, 4) is 0 Å². The number of carbonyl (C=O) groups is 3. The molecule has 2 saturated heterocycles. The number of amides is 3. The summed E-state index contributed by atoms with van der Waals surface area (Å²) in [5, 5.41) is 2.96. The normalized spacial score (nSPS) is 17.2. The van der Waals surface area contributed by atoms with E-state index < -0.39 is 0 Å². The number of hydrogen-bond acceptors (Lipinski definition) is 4. The molecule has 2 aromatic carbocycles. The Balaban J connectivity index is 1.55. The SMILES string of the molecule is CCC(C(=O)N1CCCN(c2ccc(NC(=O)C(C)C)cc2C(=O)N2CCCCC2)CC1)c1ccccc1. The molecule has 0 bridgehead atoms. The van der Waals surface area contributed by atoms with Crippen LogP contribution in [0.15, 0.2) is 48.5 Å². The summed E-state index contributed by atoms with van der Waals surface area (Å²) >= 11 is 0. The molecule has 4 rings (SSSR count). The standard InChI is InChI=1S/C31H42N4O3/c1-4-26(24-12-7-5-8-13-24)30(37)35-19-11-18-33(20-21-35)28-15-14-25(32-29(36)23(2)3)22-27(28)31(38)34-16-9-6-10-17-34/h5,7-8,12-15,22-23,26H,4,6,9-11,16-21H2,1-3H3,(H,32,36). The Kier molecular flexibility index (Phi) is 9.43. The minimum Gasteiger partial charge on any atom is -0.369 e. The molecule has 3 amide bonds. The molecule has 2 aliphatic heterocycles. The first kappa shape index (κ1) is 27.7. The van der Waals surface area contributed by atoms with Crippen molar-refractivity contribution in [2.75, 3.05) is 49.5 Å². The van der Waals surface area contributed by atoms with Crippen molar-refractivity contribution in [1.29, 1.82) is 0 Å². The minimum atomic E-state index is -0.145. The Bertz CT molecular complexity index is 1110. The molecule has 1 unspecified atom stereocenters. The van der Waals surface area contributed by atoms with E-state index in [4.69, 9.17) is 0 Å². The van der Waals surface area contributed by atoms with Crippen molar-refractivity contribution in [3.05, 3.63) is 59.7 Å². The van der Waals surface area contributed by atoms with E-state index in [1.807, 2.05) is 72.2 Å². The van der Waals surface area contributed by atoms with Gasteiger partial charge in [-0.15, -0.1) is 0 Å². The van der Waals surface area contributed by atoms with Gasteiger partial charge >= 0.3 is 0 Å². The van der Waals surface area contributed by atoms with Gasteiger partial charge in [-0.25, -0.2) is 0 Å². The molecule has 0 aliphatic carbocycles. The van der Waals surface area contributed by atoms with Crippen LogP contribution < -0.4 is 10.2 Å². The molecule has 7 nitrogen and oxygen atoms in total. The monoisotopic (exact) mass is 518 g/mol. The maximum absolute atomic E-state index is 13.7. The number of nitrogens with one attached hydrogen (secondary N) is 1. The highest BCUT2D eigenvalue weighted by molar-refractivity contribution is 6.02. The second-order valence-corrected chi connectivity index (χ2v) is 10.8. The van der Waals surface area contributed by atoms with E-state index in [1.165, 1.54) is 0 Å². The maximum Gasteiger partial charge on any atom is 0.256 e. The summed E-state index contributed by atoms with van der Waals surface area (Å²) in [4.78, 5) is 45.7. The summed E-state index contributed by atoms with van der Waals surface area (Å²) in [7, 11) is 0. The Morgan fingerprint density at radius 1 is 0.816 bits per heavy atom. The molecule has 0 radical (unpaired) electrons. The summed E-state index contributed by atoms with van der Waals surface area (Å²) in [6, 6.07) is 15.7. The fraction of sp³-hybridized carbons (Fsp3) is 0.516. The summed E-state index contributed by atoms with van der Waals surface area (Å²) in [6.07, 6.45) is 4.79. The zero-order chi connectivity index (χ0) is 27.1. The first-order chi connectivity index (χ1) is 18.4. The number of rotatable bonds is 7. The number of hydrogen-bond donors (Lipinski definition) is 1. The average molecular weight is 519 g/mol. The van der Waals surface area contributed by atoms with Gasteiger partial charge in [0.1, 0.15) is 0 Å². The second-order valence-electron chi connectivity index (χ2n) is 10.8. The lowest BCUT2D eigenvalue weighted by Gasteiger charge is -2.31. The van der Waals surface area contributed by atoms with Gasteiger partial charge < -0.3 is 20.0 Å². The van der Waals surface area contributed by atoms with Crippen LogP contribution in [0.4, 0.5) is 11.4 Å². The highest BCUT2D eigenvalue weighted by Crippen LogP contribution is 2.29. The number of likely N-dealkylation sites (tertiary alicyclic amines) is 1. The summed E-state index contributed by atoms with van der Waals surface area (Å²) in [5.41, 5.74) is 3.22. The van der Waals surface area contributed by atoms with E-state index in [0.717, 1.165) is 63.0 Å². The summed E-state index contributed by atoms with van der Waals surface area (Å²) in [6.45, 7) is 10.1. The summed E-state index contributed by atoms with van der Waals surface area (Å²) in [5.74, 6) is -0.151. The Morgan fingerprint density at radius 2 is 1.53 bits per heavy atom. The third-order valence-corrected chi connectivity index (χ3v) is 7.72. The molecule has 2 aliphatic rings. The van der Waals surface area contributed by atoms with Crippen molar-refractivity contribution >= 4 is 29.1 Å². The number of carbonyl (C=O) groups excluding carboxylic acids is 3. The van der Waals surface area contributed by atoms with Crippen LogP contribution in [0.3, 0.4) is 0 Å². The number of anilines is 2. The average Bonchev–Trinajstić information content (AvgIpc) is 3.20. The molecule has 0 saturated carbocycles. The van der Waals surface area contributed by atoms with E-state index in [9.17, 15) is 14.4 Å². The van der Waals surface area contributed by atoms with Crippen LogP contribution in [0.2, 0.25) is 0 Å². The van der Waals surface area contributed by atoms with Gasteiger partial charge in [-0.1, -0.05) is 51.1 Å². The second kappa shape index (κ2) is 12.9. The van der Waals surface area contributed by atoms with Crippen LogP contribution in [0.1, 0.15) is 74.7 Å². The minimum absolute atomic E-state index is 0.0210. The Labute approximate surface area is 227 Å². The van der Waals surface area contributed by atoms with Crippen molar-refractivity contribution in [3.63, 3.8) is 0 Å². The quantitative estimate of drug-likeness (QED) is 0.551. The van der Waals surface area contributed by atoms with Crippen LogP contribution in [0, 0.1) is 5.92 Å². The van der Waals surface area contributed by atoms with Crippen LogP contribution in [-0.4, -0.2) is 66.8 Å². The zero-order valence-electron chi connectivity index (χ0n) is 23.1. The largest absolute Gasteiger partial charge is 0.369 e. The highest BCUT2D eigenvalue weighted by atomic mass is 16.2. The smallest absolute Gasteiger partial charge is 0.256 e. The molecule has 38 heavy (non-hydrogen) atoms. The van der Waals surface area contributed by atoms with Crippen LogP contribution in [0.5, 0.6) is 0 Å². The molecule has 7 heteroatoms. The van der Waals surface area contributed by atoms with Gasteiger partial charge in [0.2, 0.25) is 11.8 Å². The van der Waals surface area contributed by atoms with Gasteiger partial charge in [0.25, 0.3) is 5.91 Å². The third-order valence-electron chi connectivity index (χ3n) is 7.72. The zero-order valence-corrected chi connectivity index (χ0v) is 23.1. The molecular formula is C31H42N4O3. The van der Waals surface area contributed by atoms with E-state index in [1.54, 1.807) is 0 Å². The van der Waals surface area contributed by atoms with Gasteiger partial charge in [0.05, 0.1) is 11.5 Å². The lowest BCUT2D eigenvalue weighted by atomic mass is 9.95. The van der Waals surface area contributed by atoms with Crippen molar-refractivity contribution in [2.24, 2.45) is 5.92 Å². The molecule has 2 aromatic rings. The number of piperidine rings is 1. The lowest BCUT2D eigenvalue weighted by molar-refractivity contribution is -0.132. The predicted octanol–water partition coefficient (Wildman–Crippen LogP) is 5.14. The van der Waals surface area contributed by atoms with Gasteiger partial charge in [0, 0.05) is 56.6 Å². The molecule has 1 N–H and O–H groups in total. The van der Waals surface area contributed by atoms with E-state index >= 15 is 0 Å². The van der Waals surface area contributed by atoms with Gasteiger partial charge in [0.15, 0.2) is 0 Å². The molecule has 204 valence electrons. The number of nitrogens with zero attached hydrogens (tertiary/aromatic N) is 3. The fourth-order valence-corrected chi connectivity index (χ4v) is 5.45. The molecule has 1 atom stereocenters. The Morgan fingerprint density at radius 3 is 2.21 bits per heavy atom. The van der Waals surface area contributed by atoms with E-state index in [-0.39, 0.29) is 29.6 Å². The fourth-order valence-electron chi connectivity index (χ4n) is 5.45. The first-order valence-electron chi connectivity index (χ1n) is 14.2. The van der Waals surface area contributed by atoms with Gasteiger partial charge in [-0.2, -0.15) is 0 Å². The number of benzene rings is 2. The Hall–Kier alpha value is -3.35. The van der Waals surface area contributed by atoms with Crippen LogP contribution >= 0.6 is 0 Å².